The Kier molecular flexibility index (Phi) is 5.81. The number of hydrogen-bond donors (Lipinski definition) is 2. The van der Waals surface area contributed by atoms with Crippen molar-refractivity contribution in [2.24, 2.45) is 0 Å². The number of carbonyl (C=O) groups is 1. The average molecular weight is 319 g/mol. The third kappa shape index (κ3) is 4.48. The molecule has 0 aliphatic heterocycles. The van der Waals surface area contributed by atoms with Gasteiger partial charge in [0.25, 0.3) is 0 Å². The summed E-state index contributed by atoms with van der Waals surface area (Å²) < 4.78 is 5.47. The molecule has 2 aromatic rings. The molecule has 0 aliphatic rings. The zero-order chi connectivity index (χ0) is 15.9. The van der Waals surface area contributed by atoms with Crippen molar-refractivity contribution < 1.29 is 9.53 Å². The molecule has 22 heavy (non-hydrogen) atoms. The third-order valence-corrected chi connectivity index (χ3v) is 3.62. The van der Waals surface area contributed by atoms with Crippen molar-refractivity contribution in [1.29, 1.82) is 0 Å². The summed E-state index contributed by atoms with van der Waals surface area (Å²) in [4.78, 5) is 11.9. The zero-order valence-corrected chi connectivity index (χ0v) is 13.4. The van der Waals surface area contributed by atoms with Crippen LogP contribution in [0.25, 0.3) is 0 Å². The Morgan fingerprint density at radius 2 is 1.86 bits per heavy atom. The van der Waals surface area contributed by atoms with E-state index in [1.165, 1.54) is 0 Å². The van der Waals surface area contributed by atoms with Crippen molar-refractivity contribution in [2.75, 3.05) is 19.0 Å². The van der Waals surface area contributed by atoms with Gasteiger partial charge >= 0.3 is 6.03 Å². The standard InChI is InChI=1S/C17H19ClN2O2/c1-12-5-3-4-6-15(12)16(22-2)11-19-17(21)20-14-9-7-13(18)8-10-14/h3-10,16H,11H2,1-2H3,(H2,19,20,21). The van der Waals surface area contributed by atoms with Crippen LogP contribution in [0.2, 0.25) is 5.02 Å². The lowest BCUT2D eigenvalue weighted by Gasteiger charge is -2.18. The van der Waals surface area contributed by atoms with Crippen molar-refractivity contribution in [3.63, 3.8) is 0 Å². The summed E-state index contributed by atoms with van der Waals surface area (Å²) in [5.74, 6) is 0. The Bertz CT molecular complexity index is 629. The van der Waals surface area contributed by atoms with Crippen LogP contribution in [-0.2, 0) is 4.74 Å². The predicted molar refractivity (Wildman–Crippen MR) is 89.4 cm³/mol. The molecule has 0 aliphatic carbocycles. The van der Waals surface area contributed by atoms with Gasteiger partial charge in [-0.15, -0.1) is 0 Å². The fraction of sp³-hybridized carbons (Fsp3) is 0.235. The van der Waals surface area contributed by atoms with Crippen molar-refractivity contribution in [1.82, 2.24) is 5.32 Å². The fourth-order valence-corrected chi connectivity index (χ4v) is 2.29. The minimum Gasteiger partial charge on any atom is -0.375 e. The summed E-state index contributed by atoms with van der Waals surface area (Å²) in [7, 11) is 1.63. The first-order valence-electron chi connectivity index (χ1n) is 6.99. The topological polar surface area (TPSA) is 50.4 Å². The minimum absolute atomic E-state index is 0.183. The maximum atomic E-state index is 11.9. The van der Waals surface area contributed by atoms with Crippen molar-refractivity contribution in [2.45, 2.75) is 13.0 Å². The van der Waals surface area contributed by atoms with Crippen LogP contribution in [0.15, 0.2) is 48.5 Å². The van der Waals surface area contributed by atoms with Crippen LogP contribution in [0, 0.1) is 6.92 Å². The smallest absolute Gasteiger partial charge is 0.319 e. The maximum absolute atomic E-state index is 11.9. The van der Waals surface area contributed by atoms with E-state index in [4.69, 9.17) is 16.3 Å². The second-order valence-electron chi connectivity index (χ2n) is 4.92. The largest absolute Gasteiger partial charge is 0.375 e. The van der Waals surface area contributed by atoms with Gasteiger partial charge in [0.2, 0.25) is 0 Å². The molecule has 1 unspecified atom stereocenters. The Labute approximate surface area is 135 Å². The number of halogens is 1. The van der Waals surface area contributed by atoms with Gasteiger partial charge in [0.1, 0.15) is 0 Å². The summed E-state index contributed by atoms with van der Waals surface area (Å²) >= 11 is 5.81. The highest BCUT2D eigenvalue weighted by Crippen LogP contribution is 2.19. The summed E-state index contributed by atoms with van der Waals surface area (Å²) in [6, 6.07) is 14.6. The van der Waals surface area contributed by atoms with Crippen LogP contribution in [0.5, 0.6) is 0 Å². The second kappa shape index (κ2) is 7.82. The molecule has 116 valence electrons. The normalized spacial score (nSPS) is 11.8. The van der Waals surface area contributed by atoms with Gasteiger partial charge in [0.15, 0.2) is 0 Å². The van der Waals surface area contributed by atoms with Crippen molar-refractivity contribution in [3.8, 4) is 0 Å². The number of hydrogen-bond acceptors (Lipinski definition) is 2. The van der Waals surface area contributed by atoms with E-state index in [0.29, 0.717) is 17.3 Å². The van der Waals surface area contributed by atoms with Crippen molar-refractivity contribution in [3.05, 3.63) is 64.7 Å². The molecule has 2 N–H and O–H groups in total. The van der Waals surface area contributed by atoms with Crippen LogP contribution in [0.3, 0.4) is 0 Å². The second-order valence-corrected chi connectivity index (χ2v) is 5.36. The zero-order valence-electron chi connectivity index (χ0n) is 12.6. The van der Waals surface area contributed by atoms with Gasteiger partial charge < -0.3 is 15.4 Å². The van der Waals surface area contributed by atoms with Crippen LogP contribution in [0.1, 0.15) is 17.2 Å². The quantitative estimate of drug-likeness (QED) is 0.869. The SMILES string of the molecule is COC(CNC(=O)Nc1ccc(Cl)cc1)c1ccccc1C. The molecule has 0 fully saturated rings. The van der Waals surface area contributed by atoms with Crippen LogP contribution in [-0.4, -0.2) is 19.7 Å². The number of urea groups is 1. The molecule has 0 saturated carbocycles. The molecular weight excluding hydrogens is 300 g/mol. The molecule has 2 aromatic carbocycles. The predicted octanol–water partition coefficient (Wildman–Crippen LogP) is 4.16. The fourth-order valence-electron chi connectivity index (χ4n) is 2.16. The first-order valence-corrected chi connectivity index (χ1v) is 7.36. The highest BCUT2D eigenvalue weighted by Gasteiger charge is 2.13. The van der Waals surface area contributed by atoms with E-state index in [2.05, 4.69) is 10.6 Å². The van der Waals surface area contributed by atoms with Crippen LogP contribution < -0.4 is 10.6 Å². The number of anilines is 1. The Balaban J connectivity index is 1.91. The number of amides is 2. The van der Waals surface area contributed by atoms with Gasteiger partial charge in [-0.2, -0.15) is 0 Å². The molecule has 5 heteroatoms. The van der Waals surface area contributed by atoms with Gasteiger partial charge in [-0.05, 0) is 42.3 Å². The van der Waals surface area contributed by atoms with Crippen LogP contribution >= 0.6 is 11.6 Å². The first-order chi connectivity index (χ1) is 10.6. The molecule has 0 heterocycles. The van der Waals surface area contributed by atoms with E-state index in [1.54, 1.807) is 31.4 Å². The molecule has 4 nitrogen and oxygen atoms in total. The van der Waals surface area contributed by atoms with Gasteiger partial charge in [-0.3, -0.25) is 0 Å². The number of aryl methyl sites for hydroxylation is 1. The minimum atomic E-state index is -0.280. The lowest BCUT2D eigenvalue weighted by atomic mass is 10.0. The lowest BCUT2D eigenvalue weighted by Crippen LogP contribution is -2.33. The Morgan fingerprint density at radius 3 is 2.50 bits per heavy atom. The molecule has 0 spiro atoms. The van der Waals surface area contributed by atoms with Gasteiger partial charge in [0, 0.05) is 24.4 Å². The summed E-state index contributed by atoms with van der Waals surface area (Å²) in [5.41, 5.74) is 2.89. The van der Waals surface area contributed by atoms with E-state index in [1.807, 2.05) is 31.2 Å². The number of rotatable bonds is 5. The summed E-state index contributed by atoms with van der Waals surface area (Å²) in [5, 5.41) is 6.19. The molecule has 0 aromatic heterocycles. The van der Waals surface area contributed by atoms with Gasteiger partial charge in [-0.1, -0.05) is 35.9 Å². The molecule has 2 amide bonds. The molecule has 0 saturated heterocycles. The van der Waals surface area contributed by atoms with E-state index in [0.717, 1.165) is 11.1 Å². The highest BCUT2D eigenvalue weighted by atomic mass is 35.5. The lowest BCUT2D eigenvalue weighted by molar-refractivity contribution is 0.104. The number of methoxy groups -OCH3 is 1. The molecule has 2 rings (SSSR count). The summed E-state index contributed by atoms with van der Waals surface area (Å²) in [6.07, 6.45) is -0.183. The first kappa shape index (κ1) is 16.3. The molecule has 0 bridgehead atoms. The van der Waals surface area contributed by atoms with Crippen molar-refractivity contribution >= 4 is 23.3 Å². The van der Waals surface area contributed by atoms with Gasteiger partial charge in [-0.25, -0.2) is 4.79 Å². The Morgan fingerprint density at radius 1 is 1.18 bits per heavy atom. The van der Waals surface area contributed by atoms with E-state index in [-0.39, 0.29) is 12.1 Å². The number of ether oxygens (including phenoxy) is 1. The van der Waals surface area contributed by atoms with E-state index < -0.39 is 0 Å². The number of carbonyl (C=O) groups excluding carboxylic acids is 1. The number of benzene rings is 2. The number of nitrogens with one attached hydrogen (secondary N) is 2. The monoisotopic (exact) mass is 318 g/mol. The molecule has 1 atom stereocenters. The highest BCUT2D eigenvalue weighted by molar-refractivity contribution is 6.30. The third-order valence-electron chi connectivity index (χ3n) is 3.37. The van der Waals surface area contributed by atoms with Crippen LogP contribution in [0.4, 0.5) is 10.5 Å². The van der Waals surface area contributed by atoms with E-state index >= 15 is 0 Å². The van der Waals surface area contributed by atoms with E-state index in [9.17, 15) is 4.79 Å². The maximum Gasteiger partial charge on any atom is 0.319 e. The molecular formula is C17H19ClN2O2. The molecule has 0 radical (unpaired) electrons. The average Bonchev–Trinajstić information content (AvgIpc) is 2.52. The summed E-state index contributed by atoms with van der Waals surface area (Å²) in [6.45, 7) is 2.41. The Hall–Kier alpha value is -2.04. The van der Waals surface area contributed by atoms with Gasteiger partial charge in [0.05, 0.1) is 6.10 Å².